The SMILES string of the molecule is CC(C)(C)NC(=O)C1(C(=O)Nc2ccccc2Cl)CC1. The number of hydrogen-bond acceptors (Lipinski definition) is 2. The molecule has 0 heterocycles. The molecule has 0 saturated heterocycles. The van der Waals surface area contributed by atoms with Crippen LogP contribution in [0.25, 0.3) is 0 Å². The summed E-state index contributed by atoms with van der Waals surface area (Å²) in [4.78, 5) is 24.6. The Morgan fingerprint density at radius 1 is 1.15 bits per heavy atom. The summed E-state index contributed by atoms with van der Waals surface area (Å²) in [5.74, 6) is -0.498. The summed E-state index contributed by atoms with van der Waals surface area (Å²) in [5, 5.41) is 6.08. The van der Waals surface area contributed by atoms with Crippen molar-refractivity contribution >= 4 is 29.1 Å². The summed E-state index contributed by atoms with van der Waals surface area (Å²) in [7, 11) is 0. The Hall–Kier alpha value is -1.55. The molecule has 0 bridgehead atoms. The minimum Gasteiger partial charge on any atom is -0.351 e. The number of nitrogens with one attached hydrogen (secondary N) is 2. The van der Waals surface area contributed by atoms with E-state index in [0.717, 1.165) is 0 Å². The van der Waals surface area contributed by atoms with E-state index in [9.17, 15) is 9.59 Å². The van der Waals surface area contributed by atoms with E-state index in [1.807, 2.05) is 20.8 Å². The molecule has 5 heteroatoms. The van der Waals surface area contributed by atoms with Crippen LogP contribution in [0.3, 0.4) is 0 Å². The Bertz CT molecular complexity index is 545. The lowest BCUT2D eigenvalue weighted by Crippen LogP contribution is -2.48. The van der Waals surface area contributed by atoms with Crippen LogP contribution < -0.4 is 10.6 Å². The van der Waals surface area contributed by atoms with Gasteiger partial charge in [0.1, 0.15) is 5.41 Å². The number of para-hydroxylation sites is 1. The third-order valence-electron chi connectivity index (χ3n) is 3.23. The number of amides is 2. The minimum absolute atomic E-state index is 0.213. The lowest BCUT2D eigenvalue weighted by molar-refractivity contribution is -0.135. The quantitative estimate of drug-likeness (QED) is 0.842. The van der Waals surface area contributed by atoms with Gasteiger partial charge < -0.3 is 10.6 Å². The largest absolute Gasteiger partial charge is 0.351 e. The van der Waals surface area contributed by atoms with E-state index in [0.29, 0.717) is 23.6 Å². The second kappa shape index (κ2) is 5.09. The molecule has 1 saturated carbocycles. The molecule has 0 aromatic heterocycles. The molecule has 1 aromatic rings. The fourth-order valence-corrected chi connectivity index (χ4v) is 2.13. The van der Waals surface area contributed by atoms with Crippen LogP contribution in [0.15, 0.2) is 24.3 Å². The Balaban J connectivity index is 2.09. The highest BCUT2D eigenvalue weighted by Crippen LogP contribution is 2.47. The van der Waals surface area contributed by atoms with E-state index >= 15 is 0 Å². The molecule has 2 amide bonds. The molecule has 0 atom stereocenters. The zero-order chi connectivity index (χ0) is 15.0. The van der Waals surface area contributed by atoms with Gasteiger partial charge >= 0.3 is 0 Å². The molecule has 108 valence electrons. The Labute approximate surface area is 123 Å². The van der Waals surface area contributed by atoms with Gasteiger partial charge in [-0.1, -0.05) is 23.7 Å². The third kappa shape index (κ3) is 3.12. The highest BCUT2D eigenvalue weighted by Gasteiger charge is 2.57. The smallest absolute Gasteiger partial charge is 0.240 e. The monoisotopic (exact) mass is 294 g/mol. The Morgan fingerprint density at radius 2 is 1.75 bits per heavy atom. The topological polar surface area (TPSA) is 58.2 Å². The van der Waals surface area contributed by atoms with Gasteiger partial charge in [-0.15, -0.1) is 0 Å². The lowest BCUT2D eigenvalue weighted by Gasteiger charge is -2.24. The highest BCUT2D eigenvalue weighted by atomic mass is 35.5. The fraction of sp³-hybridized carbons (Fsp3) is 0.467. The summed E-state index contributed by atoms with van der Waals surface area (Å²) in [5.41, 5.74) is -0.752. The second-order valence-corrected chi connectivity index (χ2v) is 6.63. The van der Waals surface area contributed by atoms with Crippen LogP contribution in [0.5, 0.6) is 0 Å². The minimum atomic E-state index is -0.938. The summed E-state index contributed by atoms with van der Waals surface area (Å²) in [6.45, 7) is 5.69. The molecule has 0 radical (unpaired) electrons. The molecule has 1 aliphatic carbocycles. The van der Waals surface area contributed by atoms with Crippen LogP contribution in [-0.2, 0) is 9.59 Å². The molecule has 0 spiro atoms. The molecule has 4 nitrogen and oxygen atoms in total. The first-order chi connectivity index (χ1) is 9.24. The number of carbonyl (C=O) groups is 2. The van der Waals surface area contributed by atoms with E-state index < -0.39 is 5.41 Å². The molecule has 1 aromatic carbocycles. The maximum Gasteiger partial charge on any atom is 0.240 e. The van der Waals surface area contributed by atoms with Gasteiger partial charge in [0.05, 0.1) is 10.7 Å². The Kier molecular flexibility index (Phi) is 3.78. The molecule has 2 N–H and O–H groups in total. The number of carbonyl (C=O) groups excluding carboxylic acids is 2. The van der Waals surface area contributed by atoms with E-state index in [2.05, 4.69) is 10.6 Å². The van der Waals surface area contributed by atoms with Gasteiger partial charge in [0.15, 0.2) is 0 Å². The van der Waals surface area contributed by atoms with Crippen LogP contribution >= 0.6 is 11.6 Å². The van der Waals surface area contributed by atoms with Crippen molar-refractivity contribution in [2.45, 2.75) is 39.2 Å². The first-order valence-corrected chi connectivity index (χ1v) is 7.01. The number of halogens is 1. The standard InChI is InChI=1S/C15H19ClN2O2/c1-14(2,3)18-13(20)15(8-9-15)12(19)17-11-7-5-4-6-10(11)16/h4-7H,8-9H2,1-3H3,(H,17,19)(H,18,20). The number of anilines is 1. The molecule has 1 fully saturated rings. The van der Waals surface area contributed by atoms with Gasteiger partial charge in [-0.2, -0.15) is 0 Å². The second-order valence-electron chi connectivity index (χ2n) is 6.22. The molecule has 0 unspecified atom stereocenters. The van der Waals surface area contributed by atoms with E-state index in [1.165, 1.54) is 0 Å². The first kappa shape index (κ1) is 14.9. The lowest BCUT2D eigenvalue weighted by atomic mass is 10.0. The average molecular weight is 295 g/mol. The van der Waals surface area contributed by atoms with Gasteiger partial charge in [0.2, 0.25) is 11.8 Å². The predicted molar refractivity (Wildman–Crippen MR) is 79.6 cm³/mol. The molecule has 2 rings (SSSR count). The zero-order valence-electron chi connectivity index (χ0n) is 11.9. The van der Waals surface area contributed by atoms with Gasteiger partial charge in [-0.3, -0.25) is 9.59 Å². The summed E-state index contributed by atoms with van der Waals surface area (Å²) < 4.78 is 0. The third-order valence-corrected chi connectivity index (χ3v) is 3.56. The summed E-state index contributed by atoms with van der Waals surface area (Å²) in [6, 6.07) is 7.00. The number of rotatable bonds is 3. The van der Waals surface area contributed by atoms with Crippen molar-refractivity contribution in [2.24, 2.45) is 5.41 Å². The van der Waals surface area contributed by atoms with Crippen molar-refractivity contribution < 1.29 is 9.59 Å². The first-order valence-electron chi connectivity index (χ1n) is 6.63. The molecular formula is C15H19ClN2O2. The molecular weight excluding hydrogens is 276 g/mol. The maximum absolute atomic E-state index is 12.3. The predicted octanol–water partition coefficient (Wildman–Crippen LogP) is 2.97. The average Bonchev–Trinajstić information content (AvgIpc) is 3.11. The van der Waals surface area contributed by atoms with Crippen LogP contribution in [0.2, 0.25) is 5.02 Å². The zero-order valence-corrected chi connectivity index (χ0v) is 12.7. The van der Waals surface area contributed by atoms with Gasteiger partial charge in [-0.25, -0.2) is 0 Å². The van der Waals surface area contributed by atoms with Gasteiger partial charge in [-0.05, 0) is 45.7 Å². The van der Waals surface area contributed by atoms with Gasteiger partial charge in [0, 0.05) is 5.54 Å². The van der Waals surface area contributed by atoms with Gasteiger partial charge in [0.25, 0.3) is 0 Å². The Morgan fingerprint density at radius 3 is 2.25 bits per heavy atom. The molecule has 0 aliphatic heterocycles. The normalized spacial score (nSPS) is 16.4. The van der Waals surface area contributed by atoms with E-state index in [-0.39, 0.29) is 17.4 Å². The van der Waals surface area contributed by atoms with Crippen LogP contribution in [0.1, 0.15) is 33.6 Å². The van der Waals surface area contributed by atoms with Crippen molar-refractivity contribution in [3.63, 3.8) is 0 Å². The number of hydrogen-bond donors (Lipinski definition) is 2. The van der Waals surface area contributed by atoms with Crippen molar-refractivity contribution in [3.05, 3.63) is 29.3 Å². The summed E-state index contributed by atoms with van der Waals surface area (Å²) in [6.07, 6.45) is 1.15. The highest BCUT2D eigenvalue weighted by molar-refractivity contribution is 6.34. The van der Waals surface area contributed by atoms with Crippen LogP contribution in [0.4, 0.5) is 5.69 Å². The van der Waals surface area contributed by atoms with E-state index in [1.54, 1.807) is 24.3 Å². The van der Waals surface area contributed by atoms with Crippen LogP contribution in [0, 0.1) is 5.41 Å². The number of benzene rings is 1. The molecule has 20 heavy (non-hydrogen) atoms. The van der Waals surface area contributed by atoms with Crippen molar-refractivity contribution in [1.82, 2.24) is 5.32 Å². The van der Waals surface area contributed by atoms with Crippen molar-refractivity contribution in [3.8, 4) is 0 Å². The van der Waals surface area contributed by atoms with Crippen molar-refractivity contribution in [2.75, 3.05) is 5.32 Å². The van der Waals surface area contributed by atoms with Crippen molar-refractivity contribution in [1.29, 1.82) is 0 Å². The maximum atomic E-state index is 12.3. The van der Waals surface area contributed by atoms with E-state index in [4.69, 9.17) is 11.6 Å². The molecule has 1 aliphatic rings. The fourth-order valence-electron chi connectivity index (χ4n) is 1.95. The summed E-state index contributed by atoms with van der Waals surface area (Å²) >= 11 is 6.01. The van der Waals surface area contributed by atoms with Crippen LogP contribution in [-0.4, -0.2) is 17.4 Å².